The molecule has 1 aromatic carbocycles. The summed E-state index contributed by atoms with van der Waals surface area (Å²) in [6.45, 7) is 1.70. The molecule has 1 aliphatic rings. The predicted octanol–water partition coefficient (Wildman–Crippen LogP) is 4.28. The quantitative estimate of drug-likeness (QED) is 0.703. The number of nitriles is 1. The van der Waals surface area contributed by atoms with E-state index in [-0.39, 0.29) is 17.1 Å². The summed E-state index contributed by atoms with van der Waals surface area (Å²) in [6.07, 6.45) is 3.47. The molecular weight excluding hydrogens is 271 g/mol. The van der Waals surface area contributed by atoms with Crippen molar-refractivity contribution in [3.05, 3.63) is 41.2 Å². The van der Waals surface area contributed by atoms with Crippen LogP contribution in [0.4, 0.5) is 4.39 Å². The first-order valence-corrected chi connectivity index (χ1v) is 6.77. The fourth-order valence-electron chi connectivity index (χ4n) is 2.59. The number of benzene rings is 1. The molecule has 2 aromatic heterocycles. The number of fused-ring (bicyclic) bond motifs is 1. The van der Waals surface area contributed by atoms with Crippen LogP contribution in [0.15, 0.2) is 27.2 Å². The SMILES string of the molecule is Cc1c(-c2ccco2)c(F)c2oc(C3CC3)nc2c1C#N. The molecule has 0 atom stereocenters. The summed E-state index contributed by atoms with van der Waals surface area (Å²) >= 11 is 0. The van der Waals surface area contributed by atoms with Crippen molar-refractivity contribution in [2.45, 2.75) is 25.7 Å². The molecule has 1 aliphatic carbocycles. The maximum Gasteiger partial charge on any atom is 0.198 e. The Balaban J connectivity index is 2.09. The van der Waals surface area contributed by atoms with Crippen LogP contribution in [-0.2, 0) is 0 Å². The first-order valence-electron chi connectivity index (χ1n) is 6.77. The van der Waals surface area contributed by atoms with Crippen LogP contribution in [-0.4, -0.2) is 4.98 Å². The summed E-state index contributed by atoms with van der Waals surface area (Å²) < 4.78 is 25.7. The fourth-order valence-corrected chi connectivity index (χ4v) is 2.59. The maximum absolute atomic E-state index is 14.8. The van der Waals surface area contributed by atoms with Gasteiger partial charge in [-0.05, 0) is 37.5 Å². The molecule has 0 amide bonds. The lowest BCUT2D eigenvalue weighted by molar-refractivity contribution is 0.506. The van der Waals surface area contributed by atoms with E-state index in [9.17, 15) is 9.65 Å². The number of nitrogens with zero attached hydrogens (tertiary/aromatic N) is 2. The molecule has 0 unspecified atom stereocenters. The lowest BCUT2D eigenvalue weighted by Gasteiger charge is -2.06. The second-order valence-corrected chi connectivity index (χ2v) is 5.28. The number of aromatic nitrogens is 1. The number of hydrogen-bond donors (Lipinski definition) is 0. The third-order valence-corrected chi connectivity index (χ3v) is 3.86. The van der Waals surface area contributed by atoms with Gasteiger partial charge in [0.25, 0.3) is 0 Å². The van der Waals surface area contributed by atoms with E-state index in [1.165, 1.54) is 6.26 Å². The van der Waals surface area contributed by atoms with E-state index in [1.54, 1.807) is 19.1 Å². The largest absolute Gasteiger partial charge is 0.464 e. The summed E-state index contributed by atoms with van der Waals surface area (Å²) in [5.41, 5.74) is 1.49. The van der Waals surface area contributed by atoms with Gasteiger partial charge >= 0.3 is 0 Å². The van der Waals surface area contributed by atoms with Crippen molar-refractivity contribution in [1.82, 2.24) is 4.98 Å². The molecule has 0 spiro atoms. The highest BCUT2D eigenvalue weighted by molar-refractivity contribution is 5.88. The van der Waals surface area contributed by atoms with E-state index in [0.29, 0.717) is 28.3 Å². The highest BCUT2D eigenvalue weighted by atomic mass is 19.1. The Hall–Kier alpha value is -2.61. The highest BCUT2D eigenvalue weighted by Crippen LogP contribution is 2.43. The lowest BCUT2D eigenvalue weighted by Crippen LogP contribution is -1.94. The van der Waals surface area contributed by atoms with Gasteiger partial charge in [-0.15, -0.1) is 0 Å². The zero-order valence-corrected chi connectivity index (χ0v) is 11.3. The summed E-state index contributed by atoms with van der Waals surface area (Å²) in [7, 11) is 0. The Morgan fingerprint density at radius 1 is 1.43 bits per heavy atom. The normalized spacial score (nSPS) is 14.5. The molecule has 0 radical (unpaired) electrons. The molecule has 4 nitrogen and oxygen atoms in total. The first kappa shape index (κ1) is 12.2. The van der Waals surface area contributed by atoms with Crippen LogP contribution in [0.25, 0.3) is 22.4 Å². The van der Waals surface area contributed by atoms with Gasteiger partial charge in [0.05, 0.1) is 17.4 Å². The van der Waals surface area contributed by atoms with Crippen molar-refractivity contribution < 1.29 is 13.2 Å². The second-order valence-electron chi connectivity index (χ2n) is 5.28. The Morgan fingerprint density at radius 2 is 2.24 bits per heavy atom. The molecule has 0 bridgehead atoms. The topological polar surface area (TPSA) is 63.0 Å². The average Bonchev–Trinajstić information content (AvgIpc) is 3.00. The van der Waals surface area contributed by atoms with Crippen molar-refractivity contribution >= 4 is 11.1 Å². The number of halogens is 1. The average molecular weight is 282 g/mol. The molecular formula is C16H11FN2O2. The van der Waals surface area contributed by atoms with Gasteiger partial charge < -0.3 is 8.83 Å². The van der Waals surface area contributed by atoms with E-state index in [1.807, 2.05) is 0 Å². The Kier molecular flexibility index (Phi) is 2.43. The van der Waals surface area contributed by atoms with Crippen LogP contribution in [0.5, 0.6) is 0 Å². The molecule has 0 saturated heterocycles. The van der Waals surface area contributed by atoms with Gasteiger partial charge in [0.1, 0.15) is 17.3 Å². The smallest absolute Gasteiger partial charge is 0.198 e. The molecule has 4 rings (SSSR count). The Labute approximate surface area is 119 Å². The standard InChI is InChI=1S/C16H11FN2O2/c1-8-10(7-18)14-15(21-16(19-14)9-4-5-9)13(17)12(8)11-3-2-6-20-11/h2-3,6,9H,4-5H2,1H3. The number of furan rings is 1. The van der Waals surface area contributed by atoms with Crippen LogP contribution in [0.1, 0.15) is 35.8 Å². The minimum absolute atomic E-state index is 0.0467. The fraction of sp³-hybridized carbons (Fsp3) is 0.250. The lowest BCUT2D eigenvalue weighted by atomic mass is 9.99. The van der Waals surface area contributed by atoms with Crippen molar-refractivity contribution in [2.75, 3.05) is 0 Å². The van der Waals surface area contributed by atoms with Crippen LogP contribution >= 0.6 is 0 Å². The zero-order chi connectivity index (χ0) is 14.6. The molecule has 104 valence electrons. The summed E-state index contributed by atoms with van der Waals surface area (Å²) in [4.78, 5) is 4.33. The molecule has 1 saturated carbocycles. The zero-order valence-electron chi connectivity index (χ0n) is 11.3. The van der Waals surface area contributed by atoms with E-state index in [0.717, 1.165) is 12.8 Å². The van der Waals surface area contributed by atoms with Gasteiger partial charge in [0.15, 0.2) is 17.3 Å². The Morgan fingerprint density at radius 3 is 2.86 bits per heavy atom. The minimum atomic E-state index is -0.518. The van der Waals surface area contributed by atoms with Gasteiger partial charge in [-0.1, -0.05) is 0 Å². The van der Waals surface area contributed by atoms with Gasteiger partial charge in [-0.25, -0.2) is 9.37 Å². The van der Waals surface area contributed by atoms with Crippen LogP contribution in [0.2, 0.25) is 0 Å². The van der Waals surface area contributed by atoms with E-state index < -0.39 is 5.82 Å². The van der Waals surface area contributed by atoms with Crippen molar-refractivity contribution in [3.8, 4) is 17.4 Å². The molecule has 0 aliphatic heterocycles. The molecule has 2 heterocycles. The van der Waals surface area contributed by atoms with Gasteiger partial charge in [0.2, 0.25) is 0 Å². The third-order valence-electron chi connectivity index (χ3n) is 3.86. The maximum atomic E-state index is 14.8. The molecule has 0 N–H and O–H groups in total. The van der Waals surface area contributed by atoms with Gasteiger partial charge in [-0.3, -0.25) is 0 Å². The Bertz CT molecular complexity index is 884. The first-order chi connectivity index (χ1) is 10.2. The van der Waals surface area contributed by atoms with Crippen molar-refractivity contribution in [3.63, 3.8) is 0 Å². The summed E-state index contributed by atoms with van der Waals surface area (Å²) in [6, 6.07) is 5.45. The van der Waals surface area contributed by atoms with Crippen LogP contribution < -0.4 is 0 Å². The van der Waals surface area contributed by atoms with Crippen molar-refractivity contribution in [2.24, 2.45) is 0 Å². The predicted molar refractivity (Wildman–Crippen MR) is 73.1 cm³/mol. The summed E-state index contributed by atoms with van der Waals surface area (Å²) in [5, 5.41) is 9.41. The number of oxazole rings is 1. The third kappa shape index (κ3) is 1.69. The van der Waals surface area contributed by atoms with Crippen molar-refractivity contribution in [1.29, 1.82) is 5.26 Å². The molecule has 21 heavy (non-hydrogen) atoms. The van der Waals surface area contributed by atoms with E-state index in [4.69, 9.17) is 8.83 Å². The second kappa shape index (κ2) is 4.19. The van der Waals surface area contributed by atoms with E-state index in [2.05, 4.69) is 11.1 Å². The van der Waals surface area contributed by atoms with E-state index >= 15 is 0 Å². The molecule has 5 heteroatoms. The molecule has 1 fully saturated rings. The highest BCUT2D eigenvalue weighted by Gasteiger charge is 2.31. The van der Waals surface area contributed by atoms with Crippen LogP contribution in [0, 0.1) is 24.1 Å². The number of rotatable bonds is 2. The number of hydrogen-bond acceptors (Lipinski definition) is 4. The summed E-state index contributed by atoms with van der Waals surface area (Å²) in [5.74, 6) is 0.649. The van der Waals surface area contributed by atoms with Gasteiger partial charge in [0, 0.05) is 5.92 Å². The van der Waals surface area contributed by atoms with Crippen LogP contribution in [0.3, 0.4) is 0 Å². The molecule has 3 aromatic rings. The minimum Gasteiger partial charge on any atom is -0.464 e. The van der Waals surface area contributed by atoms with Gasteiger partial charge in [-0.2, -0.15) is 5.26 Å². The monoisotopic (exact) mass is 282 g/mol.